The second kappa shape index (κ2) is 11.2. The highest BCUT2D eigenvalue weighted by molar-refractivity contribution is 14.0. The van der Waals surface area contributed by atoms with Crippen LogP contribution in [0.15, 0.2) is 23.2 Å². The molecule has 0 atom stereocenters. The summed E-state index contributed by atoms with van der Waals surface area (Å²) in [6, 6.07) is 6.24. The van der Waals surface area contributed by atoms with Gasteiger partial charge in [-0.05, 0) is 44.4 Å². The highest BCUT2D eigenvalue weighted by Gasteiger charge is 2.25. The van der Waals surface area contributed by atoms with Gasteiger partial charge in [-0.3, -0.25) is 4.99 Å². The van der Waals surface area contributed by atoms with Gasteiger partial charge in [-0.2, -0.15) is 0 Å². The Hall–Kier alpha value is -1.22. The molecule has 2 aliphatic rings. The number of rotatable bonds is 6. The molecule has 6 nitrogen and oxygen atoms in total. The van der Waals surface area contributed by atoms with Crippen molar-refractivity contribution in [3.63, 3.8) is 0 Å². The Kier molecular flexibility index (Phi) is 9.33. The van der Waals surface area contributed by atoms with E-state index in [1.807, 2.05) is 6.07 Å². The summed E-state index contributed by atoms with van der Waals surface area (Å²) in [5, 5.41) is 3.46. The molecule has 3 rings (SSSR count). The maximum Gasteiger partial charge on any atom is 0.193 e. The molecule has 1 aromatic rings. The first-order chi connectivity index (χ1) is 13.5. The van der Waals surface area contributed by atoms with Gasteiger partial charge in [0, 0.05) is 31.7 Å². The minimum absolute atomic E-state index is 0. The number of likely N-dealkylation sites (tertiary alicyclic amines) is 1. The van der Waals surface area contributed by atoms with Crippen molar-refractivity contribution in [3.05, 3.63) is 23.8 Å². The number of ether oxygens (including phenoxy) is 3. The number of halogens is 1. The Labute approximate surface area is 192 Å². The van der Waals surface area contributed by atoms with Gasteiger partial charge in [0.05, 0.1) is 12.6 Å². The van der Waals surface area contributed by atoms with Crippen LogP contribution in [0.25, 0.3) is 0 Å². The Morgan fingerprint density at radius 2 is 1.86 bits per heavy atom. The summed E-state index contributed by atoms with van der Waals surface area (Å²) in [6.07, 6.45) is 2.51. The van der Waals surface area contributed by atoms with Gasteiger partial charge in [0.1, 0.15) is 13.2 Å². The van der Waals surface area contributed by atoms with Crippen molar-refractivity contribution in [2.45, 2.75) is 52.1 Å². The zero-order valence-corrected chi connectivity index (χ0v) is 20.5. The van der Waals surface area contributed by atoms with Gasteiger partial charge < -0.3 is 24.4 Å². The van der Waals surface area contributed by atoms with Crippen LogP contribution in [-0.2, 0) is 10.2 Å². The Morgan fingerprint density at radius 1 is 1.17 bits per heavy atom. The summed E-state index contributed by atoms with van der Waals surface area (Å²) in [5.41, 5.74) is 1.12. The fraction of sp³-hybridized carbons (Fsp3) is 0.682. The van der Waals surface area contributed by atoms with Gasteiger partial charge in [-0.1, -0.05) is 19.9 Å². The largest absolute Gasteiger partial charge is 0.486 e. The zero-order valence-electron chi connectivity index (χ0n) is 18.2. The number of aliphatic imine (C=N–C) groups is 1. The van der Waals surface area contributed by atoms with Gasteiger partial charge in [-0.15, -0.1) is 24.0 Å². The van der Waals surface area contributed by atoms with Crippen LogP contribution in [0.1, 0.15) is 46.1 Å². The second-order valence-electron chi connectivity index (χ2n) is 8.05. The summed E-state index contributed by atoms with van der Waals surface area (Å²) in [4.78, 5) is 7.35. The highest BCUT2D eigenvalue weighted by Crippen LogP contribution is 2.35. The Bertz CT molecular complexity index is 673. The molecule has 0 unspecified atom stereocenters. The van der Waals surface area contributed by atoms with Crippen molar-refractivity contribution < 1.29 is 14.2 Å². The molecule has 0 saturated carbocycles. The third-order valence-corrected chi connectivity index (χ3v) is 5.43. The minimum atomic E-state index is -0.0971. The average Bonchev–Trinajstić information content (AvgIpc) is 2.71. The van der Waals surface area contributed by atoms with Gasteiger partial charge in [-0.25, -0.2) is 0 Å². The summed E-state index contributed by atoms with van der Waals surface area (Å²) < 4.78 is 17.2. The van der Waals surface area contributed by atoms with E-state index in [-0.39, 0.29) is 29.4 Å². The molecule has 0 radical (unpaired) electrons. The van der Waals surface area contributed by atoms with Crippen LogP contribution >= 0.6 is 24.0 Å². The first-order valence-electron chi connectivity index (χ1n) is 10.6. The summed E-state index contributed by atoms with van der Waals surface area (Å²) >= 11 is 0. The molecule has 2 heterocycles. The first-order valence-corrected chi connectivity index (χ1v) is 10.6. The van der Waals surface area contributed by atoms with Gasteiger partial charge in [0.25, 0.3) is 0 Å². The van der Waals surface area contributed by atoms with E-state index in [4.69, 9.17) is 19.2 Å². The van der Waals surface area contributed by atoms with Crippen LogP contribution in [0.2, 0.25) is 0 Å². The maximum absolute atomic E-state index is 5.78. The van der Waals surface area contributed by atoms with Crippen LogP contribution < -0.4 is 14.8 Å². The maximum atomic E-state index is 5.78. The lowest BCUT2D eigenvalue weighted by Crippen LogP contribution is -2.47. The van der Waals surface area contributed by atoms with Crippen molar-refractivity contribution in [2.75, 3.05) is 46.0 Å². The van der Waals surface area contributed by atoms with E-state index in [9.17, 15) is 0 Å². The molecule has 0 spiro atoms. The third-order valence-electron chi connectivity index (χ3n) is 5.43. The van der Waals surface area contributed by atoms with Crippen LogP contribution in [0.4, 0.5) is 0 Å². The monoisotopic (exact) mass is 517 g/mol. The van der Waals surface area contributed by atoms with Crippen molar-refractivity contribution in [2.24, 2.45) is 4.99 Å². The van der Waals surface area contributed by atoms with Crippen LogP contribution in [0.5, 0.6) is 11.5 Å². The number of piperidine rings is 1. The number of hydrogen-bond donors (Lipinski definition) is 1. The highest BCUT2D eigenvalue weighted by atomic mass is 127. The fourth-order valence-corrected chi connectivity index (χ4v) is 3.72. The van der Waals surface area contributed by atoms with E-state index < -0.39 is 0 Å². The van der Waals surface area contributed by atoms with Gasteiger partial charge in [0.15, 0.2) is 17.5 Å². The molecule has 1 N–H and O–H groups in total. The molecule has 1 fully saturated rings. The predicted molar refractivity (Wildman–Crippen MR) is 128 cm³/mol. The molecular formula is C22H36IN3O3. The van der Waals surface area contributed by atoms with Gasteiger partial charge in [0.2, 0.25) is 0 Å². The number of hydrogen-bond acceptors (Lipinski definition) is 4. The van der Waals surface area contributed by atoms with Crippen molar-refractivity contribution in [3.8, 4) is 11.5 Å². The molecule has 7 heteroatoms. The first kappa shape index (κ1) is 24.1. The molecule has 0 aliphatic carbocycles. The summed E-state index contributed by atoms with van der Waals surface area (Å²) in [5.74, 6) is 2.67. The summed E-state index contributed by atoms with van der Waals surface area (Å²) in [6.45, 7) is 14.2. The minimum Gasteiger partial charge on any atom is -0.486 e. The van der Waals surface area contributed by atoms with Crippen molar-refractivity contribution in [1.82, 2.24) is 10.2 Å². The number of nitrogens with zero attached hydrogens (tertiary/aromatic N) is 2. The lowest BCUT2D eigenvalue weighted by molar-refractivity contribution is 0.0263. The van der Waals surface area contributed by atoms with E-state index in [1.165, 1.54) is 5.56 Å². The number of guanidine groups is 1. The predicted octanol–water partition coefficient (Wildman–Crippen LogP) is 3.82. The molecular weight excluding hydrogens is 481 g/mol. The molecule has 0 aromatic heterocycles. The zero-order chi connectivity index (χ0) is 20.0. The Morgan fingerprint density at radius 3 is 2.52 bits per heavy atom. The molecule has 1 aromatic carbocycles. The molecule has 0 bridgehead atoms. The molecule has 2 aliphatic heterocycles. The standard InChI is InChI=1S/C22H35N3O3.HI/c1-5-23-21(25-11-9-18(10-12-25)26-6-2)24-16-22(3,4)17-7-8-19-20(15-17)28-14-13-27-19;/h7-8,15,18H,5-6,9-14,16H2,1-4H3,(H,23,24);1H. The third kappa shape index (κ3) is 6.38. The average molecular weight is 517 g/mol. The van der Waals surface area contributed by atoms with E-state index >= 15 is 0 Å². The van der Waals surface area contributed by atoms with Crippen molar-refractivity contribution in [1.29, 1.82) is 0 Å². The molecule has 0 amide bonds. The lowest BCUT2D eigenvalue weighted by Gasteiger charge is -2.34. The van der Waals surface area contributed by atoms with E-state index in [2.05, 4.69) is 50.0 Å². The van der Waals surface area contributed by atoms with E-state index in [0.29, 0.717) is 25.9 Å². The quantitative estimate of drug-likeness (QED) is 0.354. The normalized spacial score (nSPS) is 17.7. The number of benzene rings is 1. The summed E-state index contributed by atoms with van der Waals surface area (Å²) in [7, 11) is 0. The van der Waals surface area contributed by atoms with E-state index in [1.54, 1.807) is 0 Å². The van der Waals surface area contributed by atoms with Crippen molar-refractivity contribution >= 4 is 29.9 Å². The SMILES string of the molecule is CCNC(=NCC(C)(C)c1ccc2c(c1)OCCO2)N1CCC(OCC)CC1.I. The molecule has 164 valence electrons. The fourth-order valence-electron chi connectivity index (χ4n) is 3.72. The number of fused-ring (bicyclic) bond motifs is 1. The smallest absolute Gasteiger partial charge is 0.193 e. The van der Waals surface area contributed by atoms with Crippen LogP contribution in [0, 0.1) is 0 Å². The number of nitrogens with one attached hydrogen (secondary N) is 1. The van der Waals surface area contributed by atoms with Crippen LogP contribution in [0.3, 0.4) is 0 Å². The molecule has 29 heavy (non-hydrogen) atoms. The van der Waals surface area contributed by atoms with Crippen LogP contribution in [-0.4, -0.2) is 63.0 Å². The van der Waals surface area contributed by atoms with E-state index in [0.717, 1.165) is 56.5 Å². The van der Waals surface area contributed by atoms with Gasteiger partial charge >= 0.3 is 0 Å². The lowest BCUT2D eigenvalue weighted by atomic mass is 9.84. The molecule has 1 saturated heterocycles. The Balaban J connectivity index is 0.00000300. The second-order valence-corrected chi connectivity index (χ2v) is 8.05. The topological polar surface area (TPSA) is 55.3 Å².